The van der Waals surface area contributed by atoms with Crippen LogP contribution in [0.3, 0.4) is 0 Å². The molecule has 0 bridgehead atoms. The van der Waals surface area contributed by atoms with E-state index in [0.29, 0.717) is 13.2 Å². The van der Waals surface area contributed by atoms with Crippen LogP contribution in [0, 0.1) is 0 Å². The highest BCUT2D eigenvalue weighted by Gasteiger charge is 2.27. The maximum Gasteiger partial charge on any atom is 0.229 e. The Labute approximate surface area is 170 Å². The summed E-state index contributed by atoms with van der Waals surface area (Å²) in [5, 5.41) is 5.62. The van der Waals surface area contributed by atoms with Crippen LogP contribution in [0.2, 0.25) is 0 Å². The molecular formula is C21H26N6O2. The van der Waals surface area contributed by atoms with Gasteiger partial charge in [-0.2, -0.15) is 15.1 Å². The van der Waals surface area contributed by atoms with E-state index in [1.165, 1.54) is 0 Å². The van der Waals surface area contributed by atoms with E-state index >= 15 is 0 Å². The smallest absolute Gasteiger partial charge is 0.229 e. The lowest BCUT2D eigenvalue weighted by Crippen LogP contribution is -2.46. The first-order valence-electron chi connectivity index (χ1n) is 10.2. The van der Waals surface area contributed by atoms with Crippen LogP contribution in [0.25, 0.3) is 16.7 Å². The largest absolute Gasteiger partial charge is 0.378 e. The molecule has 2 aliphatic heterocycles. The summed E-state index contributed by atoms with van der Waals surface area (Å²) in [4.78, 5) is 14.4. The maximum atomic E-state index is 5.94. The highest BCUT2D eigenvalue weighted by molar-refractivity contribution is 5.89. The lowest BCUT2D eigenvalue weighted by atomic mass is 10.2. The Morgan fingerprint density at radius 1 is 0.931 bits per heavy atom. The molecule has 0 saturated carbocycles. The molecule has 0 aliphatic carbocycles. The van der Waals surface area contributed by atoms with E-state index in [0.717, 1.165) is 54.7 Å². The molecule has 2 saturated heterocycles. The van der Waals surface area contributed by atoms with Crippen LogP contribution >= 0.6 is 0 Å². The second kappa shape index (κ2) is 7.61. The van der Waals surface area contributed by atoms with Crippen molar-refractivity contribution in [1.29, 1.82) is 0 Å². The molecule has 8 heteroatoms. The fourth-order valence-electron chi connectivity index (χ4n) is 4.14. The number of morpholine rings is 2. The Morgan fingerprint density at radius 2 is 1.66 bits per heavy atom. The second-order valence-corrected chi connectivity index (χ2v) is 7.74. The predicted molar refractivity (Wildman–Crippen MR) is 112 cm³/mol. The van der Waals surface area contributed by atoms with Crippen molar-refractivity contribution < 1.29 is 9.47 Å². The average Bonchev–Trinajstić information content (AvgIpc) is 3.17. The molecule has 0 unspecified atom stereocenters. The van der Waals surface area contributed by atoms with Gasteiger partial charge in [0, 0.05) is 26.2 Å². The third-order valence-electron chi connectivity index (χ3n) is 5.41. The quantitative estimate of drug-likeness (QED) is 0.675. The minimum atomic E-state index is 0.153. The van der Waals surface area contributed by atoms with E-state index in [2.05, 4.69) is 28.7 Å². The van der Waals surface area contributed by atoms with E-state index < -0.39 is 0 Å². The van der Waals surface area contributed by atoms with Crippen molar-refractivity contribution in [3.63, 3.8) is 0 Å². The van der Waals surface area contributed by atoms with Crippen LogP contribution in [0.4, 0.5) is 11.8 Å². The molecule has 3 aromatic rings. The maximum absolute atomic E-state index is 5.94. The molecule has 2 atom stereocenters. The van der Waals surface area contributed by atoms with Gasteiger partial charge in [-0.3, -0.25) is 0 Å². The van der Waals surface area contributed by atoms with E-state index in [1.807, 2.05) is 41.2 Å². The molecule has 0 radical (unpaired) electrons. The van der Waals surface area contributed by atoms with Gasteiger partial charge in [-0.05, 0) is 26.0 Å². The molecule has 1 aromatic carbocycles. The predicted octanol–water partition coefficient (Wildman–Crippen LogP) is 2.27. The molecule has 0 amide bonds. The van der Waals surface area contributed by atoms with Crippen LogP contribution in [0.5, 0.6) is 0 Å². The second-order valence-electron chi connectivity index (χ2n) is 7.74. The van der Waals surface area contributed by atoms with Gasteiger partial charge in [0.15, 0.2) is 5.65 Å². The Morgan fingerprint density at radius 3 is 2.38 bits per heavy atom. The Bertz CT molecular complexity index is 976. The Hall–Kier alpha value is -2.71. The number of aromatic nitrogens is 4. The van der Waals surface area contributed by atoms with E-state index in [-0.39, 0.29) is 12.2 Å². The highest BCUT2D eigenvalue weighted by atomic mass is 16.5. The zero-order valence-electron chi connectivity index (χ0n) is 16.9. The molecule has 5 rings (SSSR count). The van der Waals surface area contributed by atoms with Gasteiger partial charge in [0.2, 0.25) is 5.95 Å². The van der Waals surface area contributed by atoms with Crippen molar-refractivity contribution in [3.05, 3.63) is 36.5 Å². The van der Waals surface area contributed by atoms with Gasteiger partial charge in [-0.25, -0.2) is 4.68 Å². The molecule has 2 aliphatic rings. The van der Waals surface area contributed by atoms with Gasteiger partial charge in [0.25, 0.3) is 0 Å². The highest BCUT2D eigenvalue weighted by Crippen LogP contribution is 2.30. The van der Waals surface area contributed by atoms with Crippen molar-refractivity contribution in [2.45, 2.75) is 26.1 Å². The molecule has 4 heterocycles. The molecule has 0 spiro atoms. The number of hydrogen-bond donors (Lipinski definition) is 0. The Kier molecular flexibility index (Phi) is 4.81. The first-order valence-corrected chi connectivity index (χ1v) is 10.2. The van der Waals surface area contributed by atoms with Crippen molar-refractivity contribution >= 4 is 22.8 Å². The van der Waals surface area contributed by atoms with Crippen molar-refractivity contribution in [3.8, 4) is 5.69 Å². The summed E-state index contributed by atoms with van der Waals surface area (Å²) in [5.74, 6) is 1.67. The van der Waals surface area contributed by atoms with Gasteiger partial charge in [-0.15, -0.1) is 0 Å². The van der Waals surface area contributed by atoms with Gasteiger partial charge < -0.3 is 19.3 Å². The molecule has 2 aromatic heterocycles. The molecule has 0 N–H and O–H groups in total. The number of anilines is 2. The van der Waals surface area contributed by atoms with Crippen molar-refractivity contribution in [2.24, 2.45) is 0 Å². The minimum absolute atomic E-state index is 0.153. The summed E-state index contributed by atoms with van der Waals surface area (Å²) in [6.07, 6.45) is 2.19. The van der Waals surface area contributed by atoms with Gasteiger partial charge in [-0.1, -0.05) is 18.2 Å². The first-order chi connectivity index (χ1) is 14.2. The number of rotatable bonds is 3. The summed E-state index contributed by atoms with van der Waals surface area (Å²) in [5.41, 5.74) is 1.82. The number of fused-ring (bicyclic) bond motifs is 1. The zero-order chi connectivity index (χ0) is 19.8. The number of nitrogens with zero attached hydrogens (tertiary/aromatic N) is 6. The van der Waals surface area contributed by atoms with Crippen LogP contribution in [-0.2, 0) is 9.47 Å². The van der Waals surface area contributed by atoms with Crippen LogP contribution < -0.4 is 9.80 Å². The summed E-state index contributed by atoms with van der Waals surface area (Å²) in [6.45, 7) is 8.79. The lowest BCUT2D eigenvalue weighted by Gasteiger charge is -2.36. The van der Waals surface area contributed by atoms with Crippen molar-refractivity contribution in [1.82, 2.24) is 19.7 Å². The van der Waals surface area contributed by atoms with E-state index in [4.69, 9.17) is 19.4 Å². The topological polar surface area (TPSA) is 68.5 Å². The molecule has 2 fully saturated rings. The first kappa shape index (κ1) is 18.3. The van der Waals surface area contributed by atoms with E-state index in [1.54, 1.807) is 0 Å². The van der Waals surface area contributed by atoms with Gasteiger partial charge >= 0.3 is 0 Å². The monoisotopic (exact) mass is 394 g/mol. The summed E-state index contributed by atoms with van der Waals surface area (Å²) in [7, 11) is 0. The summed E-state index contributed by atoms with van der Waals surface area (Å²) >= 11 is 0. The van der Waals surface area contributed by atoms with Crippen LogP contribution in [0.1, 0.15) is 13.8 Å². The molecule has 29 heavy (non-hydrogen) atoms. The number of ether oxygens (including phenoxy) is 2. The third-order valence-corrected chi connectivity index (χ3v) is 5.41. The number of para-hydroxylation sites is 1. The normalized spacial score (nSPS) is 23.0. The summed E-state index contributed by atoms with van der Waals surface area (Å²) < 4.78 is 13.4. The standard InChI is InChI=1S/C21H26N6O2/c1-15-13-26(14-16(2)29-15)19-18-12-22-27(17-6-4-3-5-7-17)20(18)24-21(23-19)25-8-10-28-11-9-25/h3-7,12,15-16H,8-11,13-14H2,1-2H3/t15-,16+. The Balaban J connectivity index is 1.65. The third kappa shape index (κ3) is 3.54. The lowest BCUT2D eigenvalue weighted by molar-refractivity contribution is -0.00537. The van der Waals surface area contributed by atoms with Gasteiger partial charge in [0.1, 0.15) is 5.82 Å². The van der Waals surface area contributed by atoms with Gasteiger partial charge in [0.05, 0.1) is 42.7 Å². The van der Waals surface area contributed by atoms with Crippen molar-refractivity contribution in [2.75, 3.05) is 49.2 Å². The fourth-order valence-corrected chi connectivity index (χ4v) is 4.14. The van der Waals surface area contributed by atoms with Crippen LogP contribution in [-0.4, -0.2) is 71.3 Å². The van der Waals surface area contributed by atoms with E-state index in [9.17, 15) is 0 Å². The summed E-state index contributed by atoms with van der Waals surface area (Å²) in [6, 6.07) is 10.1. The molecule has 152 valence electrons. The average molecular weight is 394 g/mol. The number of benzene rings is 1. The number of hydrogen-bond acceptors (Lipinski definition) is 7. The minimum Gasteiger partial charge on any atom is -0.378 e. The zero-order valence-corrected chi connectivity index (χ0v) is 16.9. The SMILES string of the molecule is C[C@@H]1CN(c2nc(N3CCOCC3)nc3c2cnn3-c2ccccc2)C[C@H](C)O1. The molecular weight excluding hydrogens is 368 g/mol. The van der Waals surface area contributed by atoms with Crippen LogP contribution in [0.15, 0.2) is 36.5 Å². The fraction of sp³-hybridized carbons (Fsp3) is 0.476. The molecule has 8 nitrogen and oxygen atoms in total.